The highest BCUT2D eigenvalue weighted by molar-refractivity contribution is 5.97. The van der Waals surface area contributed by atoms with Crippen molar-refractivity contribution in [2.75, 3.05) is 20.8 Å². The number of nitrogens with one attached hydrogen (secondary N) is 1. The number of hydrogen-bond donors (Lipinski definition) is 2. The van der Waals surface area contributed by atoms with Gasteiger partial charge in [0.15, 0.2) is 0 Å². The van der Waals surface area contributed by atoms with Gasteiger partial charge in [-0.3, -0.25) is 4.79 Å². The number of benzene rings is 1. The van der Waals surface area contributed by atoms with E-state index in [4.69, 9.17) is 9.47 Å². The summed E-state index contributed by atoms with van der Waals surface area (Å²) in [6.07, 6.45) is 1.33. The van der Waals surface area contributed by atoms with Gasteiger partial charge in [0.2, 0.25) is 0 Å². The largest absolute Gasteiger partial charge is 0.497 e. The van der Waals surface area contributed by atoms with Gasteiger partial charge in [-0.05, 0) is 30.9 Å². The van der Waals surface area contributed by atoms with Crippen molar-refractivity contribution >= 4 is 5.91 Å². The molecule has 0 unspecified atom stereocenters. The third-order valence-electron chi connectivity index (χ3n) is 3.42. The van der Waals surface area contributed by atoms with Gasteiger partial charge in [-0.2, -0.15) is 0 Å². The monoisotopic (exact) mass is 265 g/mol. The van der Waals surface area contributed by atoms with E-state index in [1.54, 1.807) is 25.3 Å². The lowest BCUT2D eigenvalue weighted by Crippen LogP contribution is -2.38. The van der Waals surface area contributed by atoms with Gasteiger partial charge < -0.3 is 19.9 Å². The average molecular weight is 265 g/mol. The Bertz CT molecular complexity index is 455. The van der Waals surface area contributed by atoms with Crippen LogP contribution in [0.4, 0.5) is 0 Å². The normalized spacial score (nSPS) is 21.4. The van der Waals surface area contributed by atoms with Gasteiger partial charge in [0.05, 0.1) is 25.9 Å². The summed E-state index contributed by atoms with van der Waals surface area (Å²) in [5.41, 5.74) is 0.489. The molecular formula is C14H19NO4. The summed E-state index contributed by atoms with van der Waals surface area (Å²) in [6.45, 7) is 0.588. The van der Waals surface area contributed by atoms with E-state index >= 15 is 0 Å². The molecule has 0 bridgehead atoms. The number of carbonyl (C=O) groups is 1. The molecule has 0 saturated heterocycles. The molecule has 0 radical (unpaired) electrons. The molecule has 0 aliphatic heterocycles. The topological polar surface area (TPSA) is 67.8 Å². The van der Waals surface area contributed by atoms with E-state index < -0.39 is 0 Å². The first-order valence-corrected chi connectivity index (χ1v) is 6.32. The first-order chi connectivity index (χ1) is 9.13. The van der Waals surface area contributed by atoms with Crippen LogP contribution in [0, 0.1) is 5.92 Å². The Labute approximate surface area is 112 Å². The maximum absolute atomic E-state index is 12.1. The highest BCUT2D eigenvalue weighted by atomic mass is 16.5. The summed E-state index contributed by atoms with van der Waals surface area (Å²) in [5.74, 6) is 1.35. The minimum atomic E-state index is -0.197. The first-order valence-electron chi connectivity index (χ1n) is 6.32. The maximum Gasteiger partial charge on any atom is 0.255 e. The minimum absolute atomic E-state index is 0.166. The molecule has 1 aromatic rings. The van der Waals surface area contributed by atoms with Crippen molar-refractivity contribution in [3.63, 3.8) is 0 Å². The van der Waals surface area contributed by atoms with Crippen molar-refractivity contribution in [3.05, 3.63) is 23.8 Å². The third-order valence-corrected chi connectivity index (χ3v) is 3.42. The van der Waals surface area contributed by atoms with Crippen molar-refractivity contribution in [1.29, 1.82) is 0 Å². The Morgan fingerprint density at radius 1 is 1.37 bits per heavy atom. The zero-order chi connectivity index (χ0) is 13.8. The van der Waals surface area contributed by atoms with Gasteiger partial charge in [-0.1, -0.05) is 0 Å². The van der Waals surface area contributed by atoms with Crippen LogP contribution in [0.5, 0.6) is 11.5 Å². The van der Waals surface area contributed by atoms with Crippen molar-refractivity contribution in [2.45, 2.75) is 18.9 Å². The Kier molecular flexibility index (Phi) is 4.27. The first kappa shape index (κ1) is 13.7. The van der Waals surface area contributed by atoms with Crippen LogP contribution in [0.3, 0.4) is 0 Å². The van der Waals surface area contributed by atoms with E-state index in [1.165, 1.54) is 7.11 Å². The standard InChI is InChI=1S/C14H19NO4/c1-18-11-3-4-12(13(7-11)19-2)14(17)15-8-9-5-10(16)6-9/h3-4,7,9-10,16H,5-6,8H2,1-2H3,(H,15,17). The summed E-state index contributed by atoms with van der Waals surface area (Å²) in [4.78, 5) is 12.1. The Morgan fingerprint density at radius 3 is 2.68 bits per heavy atom. The minimum Gasteiger partial charge on any atom is -0.497 e. The third kappa shape index (κ3) is 3.17. The van der Waals surface area contributed by atoms with Crippen LogP contribution in [0.2, 0.25) is 0 Å². The van der Waals surface area contributed by atoms with Crippen molar-refractivity contribution in [2.24, 2.45) is 5.92 Å². The van der Waals surface area contributed by atoms with Crippen LogP contribution in [0.1, 0.15) is 23.2 Å². The number of aliphatic hydroxyl groups excluding tert-OH is 1. The molecule has 1 aliphatic rings. The van der Waals surface area contributed by atoms with Crippen LogP contribution >= 0.6 is 0 Å². The van der Waals surface area contributed by atoms with Gasteiger partial charge in [0.1, 0.15) is 11.5 Å². The molecule has 0 spiro atoms. The molecule has 19 heavy (non-hydrogen) atoms. The fourth-order valence-corrected chi connectivity index (χ4v) is 2.19. The molecule has 1 aliphatic carbocycles. The lowest BCUT2D eigenvalue weighted by atomic mass is 9.82. The predicted octanol–water partition coefficient (Wildman–Crippen LogP) is 1.20. The lowest BCUT2D eigenvalue weighted by Gasteiger charge is -2.31. The van der Waals surface area contributed by atoms with Gasteiger partial charge in [0, 0.05) is 12.6 Å². The van der Waals surface area contributed by atoms with Gasteiger partial charge in [0.25, 0.3) is 5.91 Å². The van der Waals surface area contributed by atoms with Gasteiger partial charge in [-0.15, -0.1) is 0 Å². The van der Waals surface area contributed by atoms with E-state index in [0.717, 1.165) is 12.8 Å². The predicted molar refractivity (Wildman–Crippen MR) is 70.6 cm³/mol. The number of rotatable bonds is 5. The summed E-state index contributed by atoms with van der Waals surface area (Å²) >= 11 is 0. The molecule has 2 N–H and O–H groups in total. The average Bonchev–Trinajstić information content (AvgIpc) is 2.41. The van der Waals surface area contributed by atoms with Gasteiger partial charge in [-0.25, -0.2) is 0 Å². The fraction of sp³-hybridized carbons (Fsp3) is 0.500. The maximum atomic E-state index is 12.1. The van der Waals surface area contributed by atoms with Crippen LogP contribution in [-0.2, 0) is 0 Å². The van der Waals surface area contributed by atoms with Gasteiger partial charge >= 0.3 is 0 Å². The molecule has 1 amide bonds. The molecule has 0 heterocycles. The van der Waals surface area contributed by atoms with Crippen LogP contribution in [0.15, 0.2) is 18.2 Å². The van der Waals surface area contributed by atoms with E-state index in [1.807, 2.05) is 0 Å². The van der Waals surface area contributed by atoms with E-state index in [9.17, 15) is 9.90 Å². The number of carbonyl (C=O) groups excluding carboxylic acids is 1. The van der Waals surface area contributed by atoms with Crippen LogP contribution < -0.4 is 14.8 Å². The Morgan fingerprint density at radius 2 is 2.11 bits per heavy atom. The molecule has 1 aromatic carbocycles. The Hall–Kier alpha value is -1.75. The zero-order valence-electron chi connectivity index (χ0n) is 11.2. The van der Waals surface area contributed by atoms with Crippen molar-refractivity contribution in [3.8, 4) is 11.5 Å². The lowest BCUT2D eigenvalue weighted by molar-refractivity contribution is 0.0420. The highest BCUT2D eigenvalue weighted by Gasteiger charge is 2.27. The van der Waals surface area contributed by atoms with E-state index in [2.05, 4.69) is 5.32 Å². The number of ether oxygens (including phenoxy) is 2. The zero-order valence-corrected chi connectivity index (χ0v) is 11.2. The molecule has 2 rings (SSSR count). The number of methoxy groups -OCH3 is 2. The summed E-state index contributed by atoms with van der Waals surface area (Å²) in [5, 5.41) is 12.1. The van der Waals surface area contributed by atoms with Crippen LogP contribution in [-0.4, -0.2) is 37.9 Å². The summed E-state index contributed by atoms with van der Waals surface area (Å²) in [7, 11) is 3.09. The molecule has 1 saturated carbocycles. The SMILES string of the molecule is COc1ccc(C(=O)NCC2CC(O)C2)c(OC)c1. The second kappa shape index (κ2) is 5.93. The quantitative estimate of drug-likeness (QED) is 0.839. The molecule has 104 valence electrons. The number of hydrogen-bond acceptors (Lipinski definition) is 4. The smallest absolute Gasteiger partial charge is 0.255 e. The Balaban J connectivity index is 1.97. The van der Waals surface area contributed by atoms with Crippen LogP contribution in [0.25, 0.3) is 0 Å². The molecule has 5 heteroatoms. The molecule has 1 fully saturated rings. The fourth-order valence-electron chi connectivity index (χ4n) is 2.19. The van der Waals surface area contributed by atoms with Crippen molar-refractivity contribution < 1.29 is 19.4 Å². The number of amides is 1. The highest BCUT2D eigenvalue weighted by Crippen LogP contribution is 2.27. The molecule has 0 atom stereocenters. The molecule has 0 aromatic heterocycles. The van der Waals surface area contributed by atoms with E-state index in [0.29, 0.717) is 29.5 Å². The summed E-state index contributed by atoms with van der Waals surface area (Å²) in [6, 6.07) is 5.09. The van der Waals surface area contributed by atoms with E-state index in [-0.39, 0.29) is 12.0 Å². The van der Waals surface area contributed by atoms with Crippen molar-refractivity contribution in [1.82, 2.24) is 5.32 Å². The second-order valence-corrected chi connectivity index (χ2v) is 4.77. The summed E-state index contributed by atoms with van der Waals surface area (Å²) < 4.78 is 10.3. The number of aliphatic hydroxyl groups is 1. The second-order valence-electron chi connectivity index (χ2n) is 4.77. The molecular weight excluding hydrogens is 246 g/mol. The molecule has 5 nitrogen and oxygen atoms in total.